The number of hydrogen-bond donors (Lipinski definition) is 0. The van der Waals surface area contributed by atoms with Crippen molar-refractivity contribution in [1.29, 1.82) is 0 Å². The van der Waals surface area contributed by atoms with Gasteiger partial charge in [-0.3, -0.25) is 4.79 Å². The van der Waals surface area contributed by atoms with E-state index in [4.69, 9.17) is 4.52 Å². The van der Waals surface area contributed by atoms with E-state index in [0.29, 0.717) is 30.0 Å². The molecule has 2 saturated heterocycles. The second-order valence-corrected chi connectivity index (χ2v) is 7.48. The average Bonchev–Trinajstić information content (AvgIpc) is 3.25. The molecular weight excluding hydrogens is 356 g/mol. The number of anilines is 1. The number of nitrogens with zero attached hydrogens (tertiary/aromatic N) is 5. The van der Waals surface area contributed by atoms with Gasteiger partial charge in [-0.05, 0) is 32.4 Å². The Kier molecular flexibility index (Phi) is 4.12. The minimum absolute atomic E-state index is 0.000751. The molecule has 0 aromatic carbocycles. The first-order valence-corrected chi connectivity index (χ1v) is 8.95. The topological polar surface area (TPSA) is 75.4 Å². The van der Waals surface area contributed by atoms with Crippen LogP contribution in [0, 0.1) is 19.3 Å². The second-order valence-electron chi connectivity index (χ2n) is 7.48. The number of carbonyl (C=O) groups is 1. The Morgan fingerprint density at radius 1 is 1.15 bits per heavy atom. The molecule has 4 heterocycles. The normalized spacial score (nSPS) is 24.6. The number of halogens is 2. The van der Waals surface area contributed by atoms with Crippen LogP contribution in [0.25, 0.3) is 0 Å². The van der Waals surface area contributed by atoms with Gasteiger partial charge in [0, 0.05) is 32.6 Å². The van der Waals surface area contributed by atoms with Crippen molar-refractivity contribution in [1.82, 2.24) is 20.3 Å². The van der Waals surface area contributed by atoms with Crippen LogP contribution >= 0.6 is 0 Å². The van der Waals surface area contributed by atoms with Gasteiger partial charge in [-0.1, -0.05) is 5.16 Å². The van der Waals surface area contributed by atoms with Crippen LogP contribution in [0.1, 0.15) is 34.6 Å². The fraction of sp³-hybridized carbons (Fsp3) is 0.556. The fourth-order valence-electron chi connectivity index (χ4n) is 4.00. The predicted octanol–water partition coefficient (Wildman–Crippen LogP) is 2.46. The van der Waals surface area contributed by atoms with Crippen molar-refractivity contribution in [2.45, 2.75) is 32.6 Å². The summed E-state index contributed by atoms with van der Waals surface area (Å²) in [6.45, 7) is 4.11. The second kappa shape index (κ2) is 6.24. The Hall–Kier alpha value is -2.58. The molecule has 7 nitrogen and oxygen atoms in total. The summed E-state index contributed by atoms with van der Waals surface area (Å²) in [4.78, 5) is 16.1. The summed E-state index contributed by atoms with van der Waals surface area (Å²) >= 11 is 0. The maximum atomic E-state index is 14.9. The number of hydrogen-bond acceptors (Lipinski definition) is 6. The molecule has 0 N–H and O–H groups in total. The Bertz CT molecular complexity index is 854. The Labute approximate surface area is 155 Å². The zero-order chi connectivity index (χ0) is 19.2. The standard InChI is InChI=1S/C18H21F2N5O2/c1-12-3-4-15(22-21-12)24-7-5-17(10-24)11-25(8-6-18(17,19)20)16(26)14-9-27-23-13(14)2/h3-4,9H,5-8,10-11H2,1-2H3/t17-/m0/s1. The van der Waals surface area contributed by atoms with Crippen LogP contribution in [0.3, 0.4) is 0 Å². The molecule has 0 unspecified atom stereocenters. The molecule has 2 fully saturated rings. The highest BCUT2D eigenvalue weighted by Gasteiger charge is 2.60. The molecule has 0 radical (unpaired) electrons. The molecule has 2 aliphatic heterocycles. The number of likely N-dealkylation sites (tertiary alicyclic amines) is 1. The Balaban J connectivity index is 1.57. The lowest BCUT2D eigenvalue weighted by Gasteiger charge is -2.45. The van der Waals surface area contributed by atoms with Crippen molar-refractivity contribution >= 4 is 11.7 Å². The van der Waals surface area contributed by atoms with E-state index in [1.807, 2.05) is 17.9 Å². The first-order valence-electron chi connectivity index (χ1n) is 8.95. The predicted molar refractivity (Wildman–Crippen MR) is 92.7 cm³/mol. The Morgan fingerprint density at radius 2 is 1.96 bits per heavy atom. The van der Waals surface area contributed by atoms with E-state index in [2.05, 4.69) is 15.4 Å². The maximum absolute atomic E-state index is 14.9. The zero-order valence-corrected chi connectivity index (χ0v) is 15.3. The van der Waals surface area contributed by atoms with Gasteiger partial charge in [-0.15, -0.1) is 5.10 Å². The summed E-state index contributed by atoms with van der Waals surface area (Å²) in [6.07, 6.45) is 1.22. The lowest BCUT2D eigenvalue weighted by Crippen LogP contribution is -2.58. The third-order valence-corrected chi connectivity index (χ3v) is 5.69. The van der Waals surface area contributed by atoms with E-state index in [1.165, 1.54) is 11.2 Å². The average molecular weight is 377 g/mol. The Morgan fingerprint density at radius 3 is 2.63 bits per heavy atom. The van der Waals surface area contributed by atoms with Gasteiger partial charge < -0.3 is 14.3 Å². The summed E-state index contributed by atoms with van der Waals surface area (Å²) in [5.41, 5.74) is 0.277. The minimum Gasteiger partial charge on any atom is -0.364 e. The van der Waals surface area contributed by atoms with Crippen LogP contribution < -0.4 is 4.90 Å². The fourth-order valence-corrected chi connectivity index (χ4v) is 4.00. The molecule has 2 aromatic rings. The van der Waals surface area contributed by atoms with Crippen molar-refractivity contribution in [3.63, 3.8) is 0 Å². The number of aromatic nitrogens is 3. The van der Waals surface area contributed by atoms with E-state index < -0.39 is 11.3 Å². The molecule has 4 rings (SSSR count). The van der Waals surface area contributed by atoms with E-state index >= 15 is 0 Å². The number of carbonyl (C=O) groups excluding carboxylic acids is 1. The molecule has 27 heavy (non-hydrogen) atoms. The zero-order valence-electron chi connectivity index (χ0n) is 15.3. The number of alkyl halides is 2. The van der Waals surface area contributed by atoms with Gasteiger partial charge >= 0.3 is 0 Å². The first kappa shape index (κ1) is 17.8. The molecule has 2 aromatic heterocycles. The highest BCUT2D eigenvalue weighted by Crippen LogP contribution is 2.50. The molecule has 0 bridgehead atoms. The summed E-state index contributed by atoms with van der Waals surface area (Å²) in [7, 11) is 0. The van der Waals surface area contributed by atoms with Gasteiger partial charge in [0.05, 0.1) is 16.8 Å². The van der Waals surface area contributed by atoms with Crippen LogP contribution in [0.5, 0.6) is 0 Å². The van der Waals surface area contributed by atoms with Crippen molar-refractivity contribution in [2.24, 2.45) is 5.41 Å². The maximum Gasteiger partial charge on any atom is 0.259 e. The van der Waals surface area contributed by atoms with E-state index in [-0.39, 0.29) is 32.0 Å². The van der Waals surface area contributed by atoms with Crippen LogP contribution in [0.4, 0.5) is 14.6 Å². The van der Waals surface area contributed by atoms with Crippen molar-refractivity contribution < 1.29 is 18.1 Å². The lowest BCUT2D eigenvalue weighted by molar-refractivity contribution is -0.150. The van der Waals surface area contributed by atoms with Gasteiger partial charge in [0.15, 0.2) is 5.82 Å². The molecule has 0 aliphatic carbocycles. The monoisotopic (exact) mass is 377 g/mol. The van der Waals surface area contributed by atoms with E-state index in [0.717, 1.165) is 5.69 Å². The summed E-state index contributed by atoms with van der Waals surface area (Å²) < 4.78 is 34.7. The third-order valence-electron chi connectivity index (χ3n) is 5.69. The van der Waals surface area contributed by atoms with Crippen LogP contribution in [0.15, 0.2) is 22.9 Å². The largest absolute Gasteiger partial charge is 0.364 e. The summed E-state index contributed by atoms with van der Waals surface area (Å²) in [6, 6.07) is 3.61. The van der Waals surface area contributed by atoms with E-state index in [1.54, 1.807) is 13.0 Å². The highest BCUT2D eigenvalue weighted by molar-refractivity contribution is 5.95. The summed E-state index contributed by atoms with van der Waals surface area (Å²) in [5.74, 6) is -2.57. The number of amides is 1. The molecule has 9 heteroatoms. The van der Waals surface area contributed by atoms with Crippen molar-refractivity contribution in [2.75, 3.05) is 31.1 Å². The van der Waals surface area contributed by atoms with Gasteiger partial charge in [-0.25, -0.2) is 8.78 Å². The molecule has 1 spiro atoms. The van der Waals surface area contributed by atoms with Crippen molar-refractivity contribution in [3.8, 4) is 0 Å². The number of piperidine rings is 1. The van der Waals surface area contributed by atoms with Crippen LogP contribution in [-0.4, -0.2) is 58.3 Å². The third kappa shape index (κ3) is 2.94. The number of rotatable bonds is 2. The summed E-state index contributed by atoms with van der Waals surface area (Å²) in [5, 5.41) is 11.9. The number of aryl methyl sites for hydroxylation is 2. The molecule has 0 saturated carbocycles. The highest BCUT2D eigenvalue weighted by atomic mass is 19.3. The minimum atomic E-state index is -2.85. The quantitative estimate of drug-likeness (QED) is 0.800. The molecule has 1 amide bonds. The van der Waals surface area contributed by atoms with Gasteiger partial charge in [0.25, 0.3) is 11.8 Å². The van der Waals surface area contributed by atoms with E-state index in [9.17, 15) is 13.6 Å². The first-order chi connectivity index (χ1) is 12.8. The molecule has 144 valence electrons. The molecule has 1 atom stereocenters. The van der Waals surface area contributed by atoms with Gasteiger partial charge in [0.2, 0.25) is 0 Å². The van der Waals surface area contributed by atoms with Crippen LogP contribution in [0.2, 0.25) is 0 Å². The molecule has 2 aliphatic rings. The smallest absolute Gasteiger partial charge is 0.259 e. The molecular formula is C18H21F2N5O2. The van der Waals surface area contributed by atoms with Gasteiger partial charge in [0.1, 0.15) is 11.8 Å². The van der Waals surface area contributed by atoms with Crippen molar-refractivity contribution in [3.05, 3.63) is 35.3 Å². The lowest BCUT2D eigenvalue weighted by atomic mass is 9.75. The van der Waals surface area contributed by atoms with Crippen LogP contribution in [-0.2, 0) is 0 Å². The van der Waals surface area contributed by atoms with Gasteiger partial charge in [-0.2, -0.15) is 5.10 Å². The SMILES string of the molecule is Cc1ccc(N2CC[C@@]3(CN(C(=O)c4conc4C)CCC3(F)F)C2)nn1.